The lowest BCUT2D eigenvalue weighted by molar-refractivity contribution is 1.06. The summed E-state index contributed by atoms with van der Waals surface area (Å²) in [6, 6.07) is 24.0. The Labute approximate surface area is 162 Å². The molecule has 0 aliphatic heterocycles. The SMILES string of the molecule is CN(C)c1ccc2c(c1)c(=O)n(-c1cccc3cccnc13)c1ccccc21. The van der Waals surface area contributed by atoms with Crippen molar-refractivity contribution in [3.05, 3.63) is 89.3 Å². The molecule has 4 nitrogen and oxygen atoms in total. The monoisotopic (exact) mass is 365 g/mol. The minimum absolute atomic E-state index is 0.0319. The first kappa shape index (κ1) is 16.5. The minimum Gasteiger partial charge on any atom is -0.378 e. The minimum atomic E-state index is -0.0319. The van der Waals surface area contributed by atoms with Crippen LogP contribution in [0, 0.1) is 0 Å². The molecule has 0 radical (unpaired) electrons. The maximum absolute atomic E-state index is 13.7. The molecule has 3 aromatic carbocycles. The van der Waals surface area contributed by atoms with E-state index >= 15 is 0 Å². The van der Waals surface area contributed by atoms with Crippen molar-refractivity contribution in [2.75, 3.05) is 19.0 Å². The van der Waals surface area contributed by atoms with Gasteiger partial charge in [-0.3, -0.25) is 14.3 Å². The zero-order valence-electron chi connectivity index (χ0n) is 15.8. The molecule has 2 aromatic heterocycles. The van der Waals surface area contributed by atoms with E-state index in [0.717, 1.165) is 38.6 Å². The summed E-state index contributed by atoms with van der Waals surface area (Å²) in [5.41, 5.74) is 3.48. The molecule has 5 rings (SSSR count). The van der Waals surface area contributed by atoms with E-state index in [1.807, 2.05) is 79.7 Å². The number of anilines is 1. The molecule has 2 heterocycles. The van der Waals surface area contributed by atoms with Crippen LogP contribution in [0.2, 0.25) is 0 Å². The van der Waals surface area contributed by atoms with E-state index < -0.39 is 0 Å². The van der Waals surface area contributed by atoms with Crippen LogP contribution in [0.15, 0.2) is 83.8 Å². The highest BCUT2D eigenvalue weighted by atomic mass is 16.1. The summed E-state index contributed by atoms with van der Waals surface area (Å²) in [5, 5.41) is 3.74. The van der Waals surface area contributed by atoms with E-state index in [4.69, 9.17) is 0 Å². The summed E-state index contributed by atoms with van der Waals surface area (Å²) in [5.74, 6) is 0. The van der Waals surface area contributed by atoms with E-state index in [9.17, 15) is 4.79 Å². The molecule has 0 fully saturated rings. The third-order valence-electron chi connectivity index (χ3n) is 5.24. The van der Waals surface area contributed by atoms with Gasteiger partial charge in [0, 0.05) is 36.8 Å². The largest absolute Gasteiger partial charge is 0.378 e. The van der Waals surface area contributed by atoms with Crippen LogP contribution < -0.4 is 10.5 Å². The summed E-state index contributed by atoms with van der Waals surface area (Å²) in [6.07, 6.45) is 1.77. The van der Waals surface area contributed by atoms with Gasteiger partial charge in [0.15, 0.2) is 0 Å². The van der Waals surface area contributed by atoms with E-state index in [0.29, 0.717) is 5.39 Å². The summed E-state index contributed by atoms with van der Waals surface area (Å²) in [7, 11) is 3.96. The van der Waals surface area contributed by atoms with Crippen molar-refractivity contribution in [3.63, 3.8) is 0 Å². The molecule has 0 aliphatic rings. The Morgan fingerprint density at radius 2 is 1.64 bits per heavy atom. The predicted molar refractivity (Wildman–Crippen MR) is 117 cm³/mol. The zero-order chi connectivity index (χ0) is 19.3. The highest BCUT2D eigenvalue weighted by Gasteiger charge is 2.15. The molecule has 0 atom stereocenters. The van der Waals surface area contributed by atoms with E-state index in [1.54, 1.807) is 10.8 Å². The average molecular weight is 365 g/mol. The van der Waals surface area contributed by atoms with Crippen LogP contribution in [-0.4, -0.2) is 23.6 Å². The van der Waals surface area contributed by atoms with Gasteiger partial charge in [0.1, 0.15) is 0 Å². The van der Waals surface area contributed by atoms with E-state index in [1.165, 1.54) is 0 Å². The van der Waals surface area contributed by atoms with Gasteiger partial charge in [0.2, 0.25) is 0 Å². The van der Waals surface area contributed by atoms with Crippen LogP contribution in [0.1, 0.15) is 0 Å². The van der Waals surface area contributed by atoms with Crippen LogP contribution in [0.3, 0.4) is 0 Å². The van der Waals surface area contributed by atoms with E-state index in [-0.39, 0.29) is 5.56 Å². The molecule has 4 heteroatoms. The Kier molecular flexibility index (Phi) is 3.66. The number of benzene rings is 3. The fourth-order valence-corrected chi connectivity index (χ4v) is 3.86. The molecule has 0 N–H and O–H groups in total. The highest BCUT2D eigenvalue weighted by molar-refractivity contribution is 6.07. The van der Waals surface area contributed by atoms with Crippen LogP contribution in [0.5, 0.6) is 0 Å². The topological polar surface area (TPSA) is 38.1 Å². The van der Waals surface area contributed by atoms with Crippen molar-refractivity contribution < 1.29 is 0 Å². The average Bonchev–Trinajstić information content (AvgIpc) is 2.74. The van der Waals surface area contributed by atoms with Gasteiger partial charge in [-0.2, -0.15) is 0 Å². The molecule has 0 amide bonds. The first-order valence-electron chi connectivity index (χ1n) is 9.24. The quantitative estimate of drug-likeness (QED) is 0.423. The van der Waals surface area contributed by atoms with Crippen molar-refractivity contribution in [1.82, 2.24) is 9.55 Å². The highest BCUT2D eigenvalue weighted by Crippen LogP contribution is 2.29. The number of pyridine rings is 2. The second-order valence-electron chi connectivity index (χ2n) is 7.13. The molecular formula is C24H19N3O. The summed E-state index contributed by atoms with van der Waals surface area (Å²) in [6.45, 7) is 0. The number of para-hydroxylation sites is 2. The first-order valence-corrected chi connectivity index (χ1v) is 9.24. The lowest BCUT2D eigenvalue weighted by Gasteiger charge is -2.17. The number of rotatable bonds is 2. The number of hydrogen-bond donors (Lipinski definition) is 0. The molecule has 0 saturated heterocycles. The van der Waals surface area contributed by atoms with Gasteiger partial charge in [0.05, 0.1) is 22.1 Å². The Morgan fingerprint density at radius 1 is 0.821 bits per heavy atom. The van der Waals surface area contributed by atoms with Gasteiger partial charge in [-0.1, -0.05) is 42.5 Å². The van der Waals surface area contributed by atoms with Gasteiger partial charge >= 0.3 is 0 Å². The lowest BCUT2D eigenvalue weighted by Crippen LogP contribution is -2.20. The molecular weight excluding hydrogens is 346 g/mol. The van der Waals surface area contributed by atoms with Crippen LogP contribution in [0.25, 0.3) is 38.3 Å². The Bertz CT molecular complexity index is 1410. The molecule has 0 saturated carbocycles. The van der Waals surface area contributed by atoms with Gasteiger partial charge in [-0.05, 0) is 35.7 Å². The maximum atomic E-state index is 13.7. The van der Waals surface area contributed by atoms with Gasteiger partial charge in [-0.25, -0.2) is 0 Å². The predicted octanol–water partition coefficient (Wildman–Crippen LogP) is 4.76. The molecule has 0 aliphatic carbocycles. The Balaban J connectivity index is 2.00. The number of fused-ring (bicyclic) bond motifs is 4. The van der Waals surface area contributed by atoms with Gasteiger partial charge in [-0.15, -0.1) is 0 Å². The maximum Gasteiger partial charge on any atom is 0.263 e. The first-order chi connectivity index (χ1) is 13.6. The summed E-state index contributed by atoms with van der Waals surface area (Å²) >= 11 is 0. The van der Waals surface area contributed by atoms with Crippen molar-refractivity contribution in [1.29, 1.82) is 0 Å². The molecule has 136 valence electrons. The number of aromatic nitrogens is 2. The van der Waals surface area contributed by atoms with E-state index in [2.05, 4.69) is 17.1 Å². The van der Waals surface area contributed by atoms with Crippen molar-refractivity contribution in [2.45, 2.75) is 0 Å². The van der Waals surface area contributed by atoms with Crippen LogP contribution in [-0.2, 0) is 0 Å². The molecule has 5 aromatic rings. The van der Waals surface area contributed by atoms with Gasteiger partial charge in [0.25, 0.3) is 5.56 Å². The van der Waals surface area contributed by atoms with Crippen molar-refractivity contribution in [2.24, 2.45) is 0 Å². The molecule has 28 heavy (non-hydrogen) atoms. The Morgan fingerprint density at radius 3 is 2.50 bits per heavy atom. The number of hydrogen-bond acceptors (Lipinski definition) is 3. The third-order valence-corrected chi connectivity index (χ3v) is 5.24. The zero-order valence-corrected chi connectivity index (χ0v) is 15.8. The molecule has 0 spiro atoms. The van der Waals surface area contributed by atoms with Crippen LogP contribution in [0.4, 0.5) is 5.69 Å². The standard InChI is InChI=1S/C24H19N3O/c1-26(2)17-12-13-18-19-9-3-4-10-21(19)27(24(28)20(18)15-17)22-11-5-7-16-8-6-14-25-23(16)22/h3-15H,1-2H3. The molecule has 0 bridgehead atoms. The second kappa shape index (κ2) is 6.20. The summed E-state index contributed by atoms with van der Waals surface area (Å²) < 4.78 is 1.80. The lowest BCUT2D eigenvalue weighted by atomic mass is 10.0. The van der Waals surface area contributed by atoms with Gasteiger partial charge < -0.3 is 4.90 Å². The van der Waals surface area contributed by atoms with Crippen LogP contribution >= 0.6 is 0 Å². The smallest absolute Gasteiger partial charge is 0.263 e. The fourth-order valence-electron chi connectivity index (χ4n) is 3.86. The van der Waals surface area contributed by atoms with Crippen molar-refractivity contribution >= 4 is 38.3 Å². The molecule has 0 unspecified atom stereocenters. The normalized spacial score (nSPS) is 11.4. The second-order valence-corrected chi connectivity index (χ2v) is 7.13. The fraction of sp³-hybridized carbons (Fsp3) is 0.0833. The van der Waals surface area contributed by atoms with Crippen molar-refractivity contribution in [3.8, 4) is 5.69 Å². The number of nitrogens with zero attached hydrogens (tertiary/aromatic N) is 3. The third kappa shape index (κ3) is 2.38. The summed E-state index contributed by atoms with van der Waals surface area (Å²) in [4.78, 5) is 20.3. The Hall–Kier alpha value is -3.66.